The van der Waals surface area contributed by atoms with Gasteiger partial charge in [-0.3, -0.25) is 9.59 Å². The predicted octanol–water partition coefficient (Wildman–Crippen LogP) is 3.53. The maximum absolute atomic E-state index is 13.3. The summed E-state index contributed by atoms with van der Waals surface area (Å²) < 4.78 is 27.2. The monoisotopic (exact) mass is 471 g/mol. The summed E-state index contributed by atoms with van der Waals surface area (Å²) in [5.41, 5.74) is 0.258. The van der Waals surface area contributed by atoms with E-state index in [1.807, 2.05) is 6.92 Å². The lowest BCUT2D eigenvalue weighted by molar-refractivity contribution is -0.126. The number of amides is 2. The van der Waals surface area contributed by atoms with Crippen LogP contribution >= 0.6 is 11.6 Å². The molecule has 1 aromatic carbocycles. The average molecular weight is 472 g/mol. The van der Waals surface area contributed by atoms with E-state index in [2.05, 4.69) is 12.2 Å². The summed E-state index contributed by atoms with van der Waals surface area (Å²) in [4.78, 5) is 27.4. The summed E-state index contributed by atoms with van der Waals surface area (Å²) in [6.45, 7) is 9.10. The van der Waals surface area contributed by atoms with Gasteiger partial charge in [0.15, 0.2) is 0 Å². The van der Waals surface area contributed by atoms with Gasteiger partial charge in [-0.1, -0.05) is 38.8 Å². The zero-order valence-electron chi connectivity index (χ0n) is 18.9. The van der Waals surface area contributed by atoms with Crippen LogP contribution in [0.2, 0.25) is 5.02 Å². The number of hydrogen-bond acceptors (Lipinski definition) is 4. The minimum Gasteiger partial charge on any atom is -0.356 e. The molecule has 0 bridgehead atoms. The molecule has 0 aromatic heterocycles. The fraction of sp³-hybridized carbons (Fsp3) is 0.636. The number of likely N-dealkylation sites (tertiary alicyclic amines) is 1. The van der Waals surface area contributed by atoms with Crippen LogP contribution in [0.4, 0.5) is 0 Å². The van der Waals surface area contributed by atoms with Crippen molar-refractivity contribution < 1.29 is 18.0 Å². The Kier molecular flexibility index (Phi) is 9.33. The van der Waals surface area contributed by atoms with Crippen LogP contribution in [0.3, 0.4) is 0 Å². The van der Waals surface area contributed by atoms with E-state index in [1.54, 1.807) is 24.8 Å². The summed E-state index contributed by atoms with van der Waals surface area (Å²) in [5, 5.41) is 3.04. The lowest BCUT2D eigenvalue weighted by atomic mass is 9.92. The lowest BCUT2D eigenvalue weighted by Gasteiger charge is -2.37. The molecule has 1 saturated heterocycles. The Morgan fingerprint density at radius 3 is 2.48 bits per heavy atom. The molecule has 1 aliphatic heterocycles. The third-order valence-electron chi connectivity index (χ3n) is 5.84. The number of carbonyl (C=O) groups excluding carboxylic acids is 2. The van der Waals surface area contributed by atoms with Crippen LogP contribution in [0.25, 0.3) is 0 Å². The molecule has 0 aliphatic carbocycles. The Hall–Kier alpha value is -1.64. The summed E-state index contributed by atoms with van der Waals surface area (Å²) in [6, 6.07) is 4.32. The Balaban J connectivity index is 2.26. The number of nitrogens with one attached hydrogen (secondary N) is 1. The Labute approximate surface area is 191 Å². The molecule has 1 aromatic rings. The number of carbonyl (C=O) groups is 2. The molecule has 2 rings (SSSR count). The van der Waals surface area contributed by atoms with Crippen molar-refractivity contribution in [3.8, 4) is 0 Å². The first kappa shape index (κ1) is 25.6. The number of rotatable bonds is 9. The second-order valence-corrected chi connectivity index (χ2v) is 10.3. The first-order valence-corrected chi connectivity index (χ1v) is 12.9. The highest BCUT2D eigenvalue weighted by Gasteiger charge is 2.34. The van der Waals surface area contributed by atoms with E-state index >= 15 is 0 Å². The van der Waals surface area contributed by atoms with Crippen LogP contribution in [0.5, 0.6) is 0 Å². The number of nitrogens with zero attached hydrogens (tertiary/aromatic N) is 2. The Morgan fingerprint density at radius 1 is 1.19 bits per heavy atom. The van der Waals surface area contributed by atoms with E-state index < -0.39 is 10.0 Å². The first-order chi connectivity index (χ1) is 14.7. The highest BCUT2D eigenvalue weighted by atomic mass is 35.5. The minimum atomic E-state index is -3.80. The number of sulfonamides is 1. The van der Waals surface area contributed by atoms with Gasteiger partial charge >= 0.3 is 0 Å². The van der Waals surface area contributed by atoms with Crippen LogP contribution in [0.15, 0.2) is 23.1 Å². The van der Waals surface area contributed by atoms with Gasteiger partial charge in [0.1, 0.15) is 4.90 Å². The van der Waals surface area contributed by atoms with Gasteiger partial charge in [-0.2, -0.15) is 4.31 Å². The fourth-order valence-electron chi connectivity index (χ4n) is 3.84. The molecule has 1 N–H and O–H groups in total. The molecule has 1 fully saturated rings. The van der Waals surface area contributed by atoms with Crippen LogP contribution in [0.1, 0.15) is 63.7 Å². The van der Waals surface area contributed by atoms with Crippen molar-refractivity contribution in [2.75, 3.05) is 26.2 Å². The SMILES string of the molecule is CCCCNC(=O)C1CCC(C)N(C(=O)c2ccc(Cl)c(S(=O)(=O)N(CC)CC)c2)C1. The highest BCUT2D eigenvalue weighted by Crippen LogP contribution is 2.29. The second kappa shape index (κ2) is 11.3. The van der Waals surface area contributed by atoms with Gasteiger partial charge in [-0.05, 0) is 44.4 Å². The molecule has 7 nitrogen and oxygen atoms in total. The first-order valence-electron chi connectivity index (χ1n) is 11.1. The summed E-state index contributed by atoms with van der Waals surface area (Å²) >= 11 is 6.20. The van der Waals surface area contributed by atoms with Gasteiger partial charge in [0.05, 0.1) is 10.9 Å². The fourth-order valence-corrected chi connectivity index (χ4v) is 5.80. The van der Waals surface area contributed by atoms with E-state index in [4.69, 9.17) is 11.6 Å². The molecular weight excluding hydrogens is 438 g/mol. The molecule has 0 radical (unpaired) electrons. The normalized spacial score (nSPS) is 19.5. The molecule has 1 aliphatic rings. The Morgan fingerprint density at radius 2 is 1.87 bits per heavy atom. The zero-order chi connectivity index (χ0) is 23.2. The van der Waals surface area contributed by atoms with E-state index in [1.165, 1.54) is 16.4 Å². The van der Waals surface area contributed by atoms with Gasteiger partial charge < -0.3 is 10.2 Å². The largest absolute Gasteiger partial charge is 0.356 e. The maximum Gasteiger partial charge on any atom is 0.254 e. The van der Waals surface area contributed by atoms with Crippen molar-refractivity contribution in [2.24, 2.45) is 5.92 Å². The standard InChI is InChI=1S/C22H34ClN3O4S/c1-5-8-13-24-21(27)18-10-9-16(4)26(15-18)22(28)17-11-12-19(23)20(14-17)31(29,30)25(6-2)7-3/h11-12,14,16,18H,5-10,13,15H2,1-4H3,(H,24,27). The van der Waals surface area contributed by atoms with Crippen molar-refractivity contribution in [2.45, 2.75) is 64.3 Å². The third-order valence-corrected chi connectivity index (χ3v) is 8.38. The zero-order valence-corrected chi connectivity index (χ0v) is 20.4. The highest BCUT2D eigenvalue weighted by molar-refractivity contribution is 7.89. The van der Waals surface area contributed by atoms with E-state index in [0.29, 0.717) is 26.2 Å². The number of hydrogen-bond donors (Lipinski definition) is 1. The lowest BCUT2D eigenvalue weighted by Crippen LogP contribution is -2.49. The van der Waals surface area contributed by atoms with Gasteiger partial charge in [-0.25, -0.2) is 8.42 Å². The molecule has 2 atom stereocenters. The van der Waals surface area contributed by atoms with Crippen molar-refractivity contribution in [3.63, 3.8) is 0 Å². The molecule has 0 spiro atoms. The minimum absolute atomic E-state index is 0.0287. The van der Waals surface area contributed by atoms with Crippen LogP contribution in [0, 0.1) is 5.92 Å². The molecule has 0 saturated carbocycles. The second-order valence-electron chi connectivity index (χ2n) is 7.96. The van der Waals surface area contributed by atoms with Crippen LogP contribution < -0.4 is 5.32 Å². The topological polar surface area (TPSA) is 86.8 Å². The maximum atomic E-state index is 13.3. The van der Waals surface area contributed by atoms with Crippen molar-refractivity contribution in [3.05, 3.63) is 28.8 Å². The number of halogens is 1. The van der Waals surface area contributed by atoms with Crippen molar-refractivity contribution in [1.29, 1.82) is 0 Å². The molecule has 174 valence electrons. The number of benzene rings is 1. The summed E-state index contributed by atoms with van der Waals surface area (Å²) in [6.07, 6.45) is 3.37. The predicted molar refractivity (Wildman–Crippen MR) is 123 cm³/mol. The van der Waals surface area contributed by atoms with Crippen molar-refractivity contribution >= 4 is 33.4 Å². The molecule has 2 amide bonds. The quantitative estimate of drug-likeness (QED) is 0.558. The van der Waals surface area contributed by atoms with E-state index in [9.17, 15) is 18.0 Å². The van der Waals surface area contributed by atoms with Crippen molar-refractivity contribution in [1.82, 2.24) is 14.5 Å². The Bertz CT molecular complexity index is 887. The average Bonchev–Trinajstić information content (AvgIpc) is 2.74. The van der Waals surface area contributed by atoms with E-state index in [0.717, 1.165) is 25.7 Å². The van der Waals surface area contributed by atoms with Crippen LogP contribution in [-0.2, 0) is 14.8 Å². The van der Waals surface area contributed by atoms with Gasteiger partial charge in [0, 0.05) is 37.8 Å². The van der Waals surface area contributed by atoms with Gasteiger partial charge in [-0.15, -0.1) is 0 Å². The molecule has 1 heterocycles. The van der Waals surface area contributed by atoms with Crippen LogP contribution in [-0.4, -0.2) is 61.7 Å². The summed E-state index contributed by atoms with van der Waals surface area (Å²) in [7, 11) is -3.80. The third kappa shape index (κ3) is 5.99. The van der Waals surface area contributed by atoms with Gasteiger partial charge in [0.25, 0.3) is 5.91 Å². The number of unbranched alkanes of at least 4 members (excludes halogenated alkanes) is 1. The molecule has 9 heteroatoms. The number of piperidine rings is 1. The molecule has 31 heavy (non-hydrogen) atoms. The smallest absolute Gasteiger partial charge is 0.254 e. The molecular formula is C22H34ClN3O4S. The summed E-state index contributed by atoms with van der Waals surface area (Å²) in [5.74, 6) is -0.575. The van der Waals surface area contributed by atoms with E-state index in [-0.39, 0.29) is 39.3 Å². The molecule has 2 unspecified atom stereocenters. The van der Waals surface area contributed by atoms with Gasteiger partial charge in [0.2, 0.25) is 15.9 Å².